The second-order valence-electron chi connectivity index (χ2n) is 7.72. The first kappa shape index (κ1) is 26.4. The number of rotatable bonds is 10. The molecule has 0 saturated carbocycles. The van der Waals surface area contributed by atoms with Crippen LogP contribution >= 0.6 is 0 Å². The van der Waals surface area contributed by atoms with E-state index in [2.05, 4.69) is 10.3 Å². The van der Waals surface area contributed by atoms with Crippen LogP contribution in [-0.4, -0.2) is 35.5 Å². The van der Waals surface area contributed by atoms with Gasteiger partial charge in [0.1, 0.15) is 34.3 Å². The zero-order chi connectivity index (χ0) is 26.7. The fourth-order valence-corrected chi connectivity index (χ4v) is 5.05. The number of anilines is 4. The molecule has 0 amide bonds. The van der Waals surface area contributed by atoms with Crippen LogP contribution in [0, 0.1) is 27.7 Å². The van der Waals surface area contributed by atoms with Gasteiger partial charge in [-0.3, -0.25) is 9.11 Å². The van der Waals surface area contributed by atoms with Gasteiger partial charge in [-0.1, -0.05) is 22.4 Å². The monoisotopic (exact) mass is 545 g/mol. The largest absolute Gasteiger partial charge is 0.658 e. The summed E-state index contributed by atoms with van der Waals surface area (Å²) < 4.78 is 67.8. The number of aryl methyl sites for hydroxylation is 4. The molecule has 15 heteroatoms. The molecule has 0 spiro atoms. The van der Waals surface area contributed by atoms with Crippen molar-refractivity contribution in [2.45, 2.75) is 27.7 Å². The zero-order valence-corrected chi connectivity index (χ0v) is 21.8. The van der Waals surface area contributed by atoms with Gasteiger partial charge in [-0.05, 0) is 52.0 Å². The highest BCUT2D eigenvalue weighted by Gasteiger charge is 2.25. The predicted molar refractivity (Wildman–Crippen MR) is 138 cm³/mol. The van der Waals surface area contributed by atoms with Crippen LogP contribution in [0.3, 0.4) is 0 Å². The molecule has 12 nitrogen and oxygen atoms in total. The molecule has 4 rings (SSSR count). The molecular weight excluding hydrogens is 523 g/mol. The van der Waals surface area contributed by atoms with Crippen LogP contribution in [0.2, 0.25) is 0 Å². The quantitative estimate of drug-likeness (QED) is 0.216. The molecule has 2 heterocycles. The van der Waals surface area contributed by atoms with Crippen LogP contribution in [0.5, 0.6) is 11.5 Å². The number of hydrogen-bond acceptors (Lipinski definition) is 8. The SMILES string of the molecule is Cc1noc(C)c1N(c1cccc(O[B]Oc2cccc(N(c3c(C)noc3C)S(=O)O)c2)c1)S(=O)O. The highest BCUT2D eigenvalue weighted by molar-refractivity contribution is 7.81. The van der Waals surface area contributed by atoms with E-state index in [0.29, 0.717) is 57.2 Å². The first-order valence-corrected chi connectivity index (χ1v) is 12.8. The maximum absolute atomic E-state index is 12.1. The summed E-state index contributed by atoms with van der Waals surface area (Å²) in [6.45, 7) is 6.62. The molecule has 2 atom stereocenters. The maximum Gasteiger partial charge on any atom is 0.658 e. The predicted octanol–water partition coefficient (Wildman–Crippen LogP) is 4.44. The van der Waals surface area contributed by atoms with Gasteiger partial charge >= 0.3 is 7.69 Å². The average Bonchev–Trinajstić information content (AvgIpc) is 3.35. The Kier molecular flexibility index (Phi) is 7.97. The van der Waals surface area contributed by atoms with Crippen molar-refractivity contribution in [1.82, 2.24) is 10.3 Å². The van der Waals surface area contributed by atoms with Crippen molar-refractivity contribution in [2.24, 2.45) is 0 Å². The molecule has 0 aliphatic rings. The van der Waals surface area contributed by atoms with E-state index in [1.54, 1.807) is 76.2 Å². The first-order valence-electron chi connectivity index (χ1n) is 10.7. The Morgan fingerprint density at radius 2 is 1.16 bits per heavy atom. The van der Waals surface area contributed by atoms with Crippen molar-refractivity contribution < 1.29 is 35.9 Å². The number of hydrogen-bond donors (Lipinski definition) is 2. The maximum atomic E-state index is 12.1. The van der Waals surface area contributed by atoms with Gasteiger partial charge in [0.2, 0.25) is 0 Å². The van der Waals surface area contributed by atoms with E-state index in [4.69, 9.17) is 18.4 Å². The Bertz CT molecular complexity index is 1310. The van der Waals surface area contributed by atoms with Crippen LogP contribution in [-0.2, 0) is 22.5 Å². The van der Waals surface area contributed by atoms with Crippen molar-refractivity contribution in [3.05, 3.63) is 71.4 Å². The van der Waals surface area contributed by atoms with Gasteiger partial charge in [0.25, 0.3) is 22.5 Å². The Morgan fingerprint density at radius 1 is 0.757 bits per heavy atom. The lowest BCUT2D eigenvalue weighted by atomic mass is 10.2. The van der Waals surface area contributed by atoms with Gasteiger partial charge in [-0.2, -0.15) is 0 Å². The van der Waals surface area contributed by atoms with E-state index in [9.17, 15) is 17.5 Å². The van der Waals surface area contributed by atoms with Gasteiger partial charge in [0.15, 0.2) is 11.5 Å². The highest BCUT2D eigenvalue weighted by atomic mass is 32.2. The van der Waals surface area contributed by atoms with E-state index in [1.165, 1.54) is 0 Å². The van der Waals surface area contributed by atoms with Crippen molar-refractivity contribution in [1.29, 1.82) is 0 Å². The molecule has 2 aromatic carbocycles. The molecule has 2 unspecified atom stereocenters. The van der Waals surface area contributed by atoms with Crippen LogP contribution in [0.4, 0.5) is 22.7 Å². The Balaban J connectivity index is 1.49. The van der Waals surface area contributed by atoms with Gasteiger partial charge in [-0.15, -0.1) is 0 Å². The number of aromatic nitrogens is 2. The van der Waals surface area contributed by atoms with E-state index < -0.39 is 22.5 Å². The fourth-order valence-electron chi connectivity index (χ4n) is 3.63. The summed E-state index contributed by atoms with van der Waals surface area (Å²) >= 11 is -4.80. The summed E-state index contributed by atoms with van der Waals surface area (Å²) in [5.74, 6) is 1.42. The summed E-state index contributed by atoms with van der Waals surface area (Å²) in [6.07, 6.45) is 0. The molecule has 193 valence electrons. The van der Waals surface area contributed by atoms with Crippen LogP contribution in [0.1, 0.15) is 22.9 Å². The minimum absolute atomic E-state index is 0.324. The molecule has 0 aliphatic carbocycles. The van der Waals surface area contributed by atoms with E-state index in [1.807, 2.05) is 0 Å². The Labute approximate surface area is 218 Å². The third kappa shape index (κ3) is 5.69. The Morgan fingerprint density at radius 3 is 1.49 bits per heavy atom. The second kappa shape index (κ2) is 11.2. The van der Waals surface area contributed by atoms with E-state index >= 15 is 0 Å². The molecule has 4 aromatic rings. The standard InChI is InChI=1S/C22H22BN4O8S2/c1-13-21(15(3)34-24-13)26(36(28)29)17-7-5-9-19(11-17)32-23-33-20-10-6-8-18(12-20)27(37(30)31)22-14(2)25-35-16(22)4/h5-12H,1-4H3,(H,28,29)(H,30,31). The lowest BCUT2D eigenvalue weighted by Crippen LogP contribution is -2.21. The second-order valence-corrected chi connectivity index (χ2v) is 9.38. The van der Waals surface area contributed by atoms with Gasteiger partial charge in [-0.25, -0.2) is 17.0 Å². The number of nitrogens with zero attached hydrogens (tertiary/aromatic N) is 4. The lowest BCUT2D eigenvalue weighted by Gasteiger charge is -2.20. The summed E-state index contributed by atoms with van der Waals surface area (Å²) in [6, 6.07) is 12.9. The van der Waals surface area contributed by atoms with Gasteiger partial charge in [0, 0.05) is 12.1 Å². The smallest absolute Gasteiger partial charge is 0.526 e. The third-order valence-corrected chi connectivity index (χ3v) is 6.59. The van der Waals surface area contributed by atoms with Crippen LogP contribution < -0.4 is 17.9 Å². The van der Waals surface area contributed by atoms with Crippen LogP contribution in [0.15, 0.2) is 57.6 Å². The van der Waals surface area contributed by atoms with Crippen molar-refractivity contribution in [3.63, 3.8) is 0 Å². The molecule has 0 fully saturated rings. The van der Waals surface area contributed by atoms with Gasteiger partial charge in [0.05, 0.1) is 11.4 Å². The zero-order valence-electron chi connectivity index (χ0n) is 20.1. The average molecular weight is 545 g/mol. The first-order chi connectivity index (χ1) is 17.7. The van der Waals surface area contributed by atoms with Crippen molar-refractivity contribution >= 4 is 53.0 Å². The van der Waals surface area contributed by atoms with E-state index in [0.717, 1.165) is 16.3 Å². The molecule has 37 heavy (non-hydrogen) atoms. The molecule has 2 N–H and O–H groups in total. The summed E-state index contributed by atoms with van der Waals surface area (Å²) in [5, 5.41) is 7.68. The minimum atomic E-state index is -2.40. The molecule has 0 aliphatic heterocycles. The minimum Gasteiger partial charge on any atom is -0.526 e. The lowest BCUT2D eigenvalue weighted by molar-refractivity contribution is 0.393. The summed E-state index contributed by atoms with van der Waals surface area (Å²) in [4.78, 5) is 0. The van der Waals surface area contributed by atoms with E-state index in [-0.39, 0.29) is 0 Å². The van der Waals surface area contributed by atoms with Crippen molar-refractivity contribution in [2.75, 3.05) is 8.61 Å². The summed E-state index contributed by atoms with van der Waals surface area (Å²) in [5.41, 5.74) is 2.39. The third-order valence-electron chi connectivity index (χ3n) is 5.18. The Hall–Kier alpha value is -3.66. The molecule has 0 saturated heterocycles. The molecular formula is C22H22BN4O8S2. The molecule has 2 aromatic heterocycles. The van der Waals surface area contributed by atoms with Crippen molar-refractivity contribution in [3.8, 4) is 11.5 Å². The topological polar surface area (TPSA) is 152 Å². The van der Waals surface area contributed by atoms with Gasteiger partial charge < -0.3 is 18.4 Å². The number of benzene rings is 2. The molecule has 0 bridgehead atoms. The fraction of sp³-hybridized carbons (Fsp3) is 0.182. The van der Waals surface area contributed by atoms with Crippen LogP contribution in [0.25, 0.3) is 0 Å². The molecule has 1 radical (unpaired) electrons. The summed E-state index contributed by atoms with van der Waals surface area (Å²) in [7, 11) is 1.07. The highest BCUT2D eigenvalue weighted by Crippen LogP contribution is 2.35. The normalized spacial score (nSPS) is 12.6.